The molecular weight excluding hydrogens is 553 g/mol. The Morgan fingerprint density at radius 1 is 1.15 bits per heavy atom. The highest BCUT2D eigenvalue weighted by molar-refractivity contribution is 5.99. The van der Waals surface area contributed by atoms with Crippen LogP contribution in [0, 0.1) is 11.3 Å². The summed E-state index contributed by atoms with van der Waals surface area (Å²) in [4.78, 5) is 35.6. The molecule has 0 spiro atoms. The Morgan fingerprint density at radius 2 is 1.90 bits per heavy atom. The minimum absolute atomic E-state index is 0.0838. The molecule has 10 nitrogen and oxygen atoms in total. The summed E-state index contributed by atoms with van der Waals surface area (Å²) in [5.41, 5.74) is -1.16. The van der Waals surface area contributed by atoms with Crippen LogP contribution in [0.25, 0.3) is 11.2 Å². The maximum atomic E-state index is 13.7. The van der Waals surface area contributed by atoms with Crippen molar-refractivity contribution in [2.24, 2.45) is 0 Å². The van der Waals surface area contributed by atoms with Crippen molar-refractivity contribution in [3.8, 4) is 11.9 Å². The van der Waals surface area contributed by atoms with Gasteiger partial charge in [-0.2, -0.15) is 28.4 Å². The first-order valence-electron chi connectivity index (χ1n) is 12.8. The number of carbonyl (C=O) groups is 2. The summed E-state index contributed by atoms with van der Waals surface area (Å²) in [6.07, 6.45) is -3.49. The lowest BCUT2D eigenvalue weighted by Gasteiger charge is -2.23. The van der Waals surface area contributed by atoms with Crippen molar-refractivity contribution in [3.05, 3.63) is 41.0 Å². The van der Waals surface area contributed by atoms with E-state index in [2.05, 4.69) is 30.9 Å². The maximum absolute atomic E-state index is 13.7. The molecular formula is C26H26F5N7O3. The smallest absolute Gasteiger partial charge is 0.418 e. The summed E-state index contributed by atoms with van der Waals surface area (Å²) in [5, 5.41) is 16.4. The van der Waals surface area contributed by atoms with Crippen LogP contribution in [0.3, 0.4) is 0 Å². The number of anilines is 2. The predicted molar refractivity (Wildman–Crippen MR) is 137 cm³/mol. The summed E-state index contributed by atoms with van der Waals surface area (Å²) < 4.78 is 72.0. The van der Waals surface area contributed by atoms with Crippen LogP contribution in [0.5, 0.6) is 5.88 Å². The molecule has 1 aliphatic carbocycles. The van der Waals surface area contributed by atoms with Gasteiger partial charge in [-0.1, -0.05) is 25.3 Å². The SMILES string of the molecule is N#CCC(=O)NCc1ccc(C(F)(F)F)c(Nc2nc3nc(OCC(F)F)c(C(=O)NC4CCCCC4)cc3[nH]2)c1. The van der Waals surface area contributed by atoms with E-state index >= 15 is 0 Å². The van der Waals surface area contributed by atoms with E-state index in [4.69, 9.17) is 10.00 Å². The molecule has 1 fully saturated rings. The predicted octanol–water partition coefficient (Wildman–Crippen LogP) is 4.96. The van der Waals surface area contributed by atoms with Crippen LogP contribution >= 0.6 is 0 Å². The van der Waals surface area contributed by atoms with Crippen molar-refractivity contribution in [2.75, 3.05) is 11.9 Å². The van der Waals surface area contributed by atoms with Gasteiger partial charge in [-0.3, -0.25) is 9.59 Å². The Kier molecular flexibility index (Phi) is 9.21. The Balaban J connectivity index is 1.64. The number of imidazole rings is 1. The number of halogens is 5. The number of benzene rings is 1. The Morgan fingerprint density at radius 3 is 2.59 bits per heavy atom. The van der Waals surface area contributed by atoms with Gasteiger partial charge in [0.25, 0.3) is 12.3 Å². The Labute approximate surface area is 230 Å². The number of hydrogen-bond acceptors (Lipinski definition) is 7. The maximum Gasteiger partial charge on any atom is 0.418 e. The van der Waals surface area contributed by atoms with E-state index in [0.717, 1.165) is 44.2 Å². The molecule has 0 bridgehead atoms. The number of fused-ring (bicyclic) bond motifs is 1. The minimum Gasteiger partial charge on any atom is -0.471 e. The van der Waals surface area contributed by atoms with Crippen LogP contribution in [0.4, 0.5) is 33.6 Å². The van der Waals surface area contributed by atoms with Crippen molar-refractivity contribution in [1.82, 2.24) is 25.6 Å². The molecule has 15 heteroatoms. The highest BCUT2D eigenvalue weighted by atomic mass is 19.4. The quantitative estimate of drug-likeness (QED) is 0.249. The third kappa shape index (κ3) is 7.80. The fraction of sp³-hybridized carbons (Fsp3) is 0.423. The van der Waals surface area contributed by atoms with Gasteiger partial charge in [0.05, 0.1) is 22.8 Å². The summed E-state index contributed by atoms with van der Waals surface area (Å²) in [7, 11) is 0. The zero-order valence-corrected chi connectivity index (χ0v) is 21.6. The molecule has 2 amide bonds. The van der Waals surface area contributed by atoms with Crippen LogP contribution in [0.1, 0.15) is 60.0 Å². The summed E-state index contributed by atoms with van der Waals surface area (Å²) in [5.74, 6) is -1.72. The van der Waals surface area contributed by atoms with E-state index in [1.54, 1.807) is 6.07 Å². The zero-order chi connectivity index (χ0) is 29.6. The van der Waals surface area contributed by atoms with Gasteiger partial charge in [0, 0.05) is 12.6 Å². The van der Waals surface area contributed by atoms with Gasteiger partial charge in [-0.25, -0.2) is 8.78 Å². The van der Waals surface area contributed by atoms with Crippen LogP contribution in [-0.2, 0) is 17.5 Å². The van der Waals surface area contributed by atoms with Gasteiger partial charge in [0.2, 0.25) is 17.7 Å². The van der Waals surface area contributed by atoms with Gasteiger partial charge in [-0.15, -0.1) is 0 Å². The molecule has 2 heterocycles. The number of nitrogens with zero attached hydrogens (tertiary/aromatic N) is 3. The normalized spacial score (nSPS) is 14.1. The highest BCUT2D eigenvalue weighted by Crippen LogP contribution is 2.37. The number of rotatable bonds is 10. The van der Waals surface area contributed by atoms with E-state index in [1.807, 2.05) is 0 Å². The average molecular weight is 580 g/mol. The van der Waals surface area contributed by atoms with Crippen molar-refractivity contribution >= 4 is 34.6 Å². The van der Waals surface area contributed by atoms with Crippen LogP contribution in [0.2, 0.25) is 0 Å². The molecule has 1 aliphatic rings. The van der Waals surface area contributed by atoms with E-state index in [-0.39, 0.29) is 41.1 Å². The monoisotopic (exact) mass is 579 g/mol. The third-order valence-corrected chi connectivity index (χ3v) is 6.34. The fourth-order valence-corrected chi connectivity index (χ4v) is 4.42. The number of aromatic amines is 1. The standard InChI is InChI=1S/C26H26F5N7O3/c27-20(28)13-41-24-16(23(40)34-15-4-2-1-3-5-15)11-19-22(37-24)38-25(36-19)35-18-10-14(12-33-21(39)8-9-32)6-7-17(18)26(29,30)31/h6-7,10-11,15,20H,1-5,8,12-13H2,(H,33,39)(H,34,40)(H2,35,36,37,38). The molecule has 0 atom stereocenters. The molecule has 0 saturated heterocycles. The number of hydrogen-bond donors (Lipinski definition) is 4. The lowest BCUT2D eigenvalue weighted by Crippen LogP contribution is -2.36. The summed E-state index contributed by atoms with van der Waals surface area (Å²) in [6.45, 7) is -1.15. The molecule has 218 valence electrons. The number of pyridine rings is 1. The first kappa shape index (κ1) is 29.5. The Hall–Kier alpha value is -4.48. The second kappa shape index (κ2) is 12.8. The molecule has 0 radical (unpaired) electrons. The molecule has 2 aromatic heterocycles. The second-order valence-electron chi connectivity index (χ2n) is 9.42. The minimum atomic E-state index is -4.74. The first-order valence-corrected chi connectivity index (χ1v) is 12.8. The lowest BCUT2D eigenvalue weighted by atomic mass is 9.95. The van der Waals surface area contributed by atoms with E-state index in [9.17, 15) is 31.5 Å². The average Bonchev–Trinajstić information content (AvgIpc) is 3.31. The molecule has 1 saturated carbocycles. The molecule has 41 heavy (non-hydrogen) atoms. The molecule has 0 aliphatic heterocycles. The fourth-order valence-electron chi connectivity index (χ4n) is 4.42. The van der Waals surface area contributed by atoms with Gasteiger partial charge in [-0.05, 0) is 36.6 Å². The summed E-state index contributed by atoms with van der Waals surface area (Å²) >= 11 is 0. The van der Waals surface area contributed by atoms with E-state index < -0.39 is 48.7 Å². The topological polar surface area (TPSA) is 145 Å². The van der Waals surface area contributed by atoms with Gasteiger partial charge in [0.15, 0.2) is 12.3 Å². The number of aromatic nitrogens is 3. The zero-order valence-electron chi connectivity index (χ0n) is 21.6. The van der Waals surface area contributed by atoms with Gasteiger partial charge in [0.1, 0.15) is 12.0 Å². The number of carbonyl (C=O) groups excluding carboxylic acids is 2. The van der Waals surface area contributed by atoms with Crippen molar-refractivity contribution in [2.45, 2.75) is 63.7 Å². The number of ether oxygens (including phenoxy) is 1. The number of amides is 2. The third-order valence-electron chi connectivity index (χ3n) is 6.34. The van der Waals surface area contributed by atoms with Crippen LogP contribution in [-0.4, -0.2) is 45.8 Å². The second-order valence-corrected chi connectivity index (χ2v) is 9.42. The Bertz CT molecular complexity index is 1450. The summed E-state index contributed by atoms with van der Waals surface area (Å²) in [6, 6.07) is 6.06. The van der Waals surface area contributed by atoms with Gasteiger partial charge < -0.3 is 25.7 Å². The van der Waals surface area contributed by atoms with Crippen molar-refractivity contribution in [1.29, 1.82) is 5.26 Å². The number of alkyl halides is 5. The van der Waals surface area contributed by atoms with Crippen LogP contribution in [0.15, 0.2) is 24.3 Å². The lowest BCUT2D eigenvalue weighted by molar-refractivity contribution is -0.137. The van der Waals surface area contributed by atoms with Crippen molar-refractivity contribution in [3.63, 3.8) is 0 Å². The number of nitriles is 1. The molecule has 0 unspecified atom stereocenters. The van der Waals surface area contributed by atoms with Crippen LogP contribution < -0.4 is 20.7 Å². The van der Waals surface area contributed by atoms with Gasteiger partial charge >= 0.3 is 6.18 Å². The molecule has 3 aromatic rings. The van der Waals surface area contributed by atoms with Crippen molar-refractivity contribution < 1.29 is 36.3 Å². The largest absolute Gasteiger partial charge is 0.471 e. The first-order chi connectivity index (χ1) is 19.5. The highest BCUT2D eigenvalue weighted by Gasteiger charge is 2.34. The number of nitrogens with one attached hydrogen (secondary N) is 4. The van der Waals surface area contributed by atoms with E-state index in [1.165, 1.54) is 12.1 Å². The molecule has 1 aromatic carbocycles. The molecule has 4 N–H and O–H groups in total. The molecule has 4 rings (SSSR count). The number of H-pyrrole nitrogens is 1. The van der Waals surface area contributed by atoms with E-state index in [0.29, 0.717) is 5.56 Å².